The monoisotopic (exact) mass is 356 g/mol. The van der Waals surface area contributed by atoms with Crippen LogP contribution in [0.5, 0.6) is 0 Å². The number of hydrogen-bond acceptors (Lipinski definition) is 4. The molecule has 0 N–H and O–H groups in total. The molecule has 130 valence electrons. The first kappa shape index (κ1) is 17.4. The SMILES string of the molecule is Cc1ccsc1CN(C)C(=O)CCN1C(=O)Cc2ccccc2C1=O. The minimum atomic E-state index is -0.309. The van der Waals surface area contributed by atoms with Gasteiger partial charge >= 0.3 is 0 Å². The van der Waals surface area contributed by atoms with Crippen LogP contribution in [0.15, 0.2) is 35.7 Å². The van der Waals surface area contributed by atoms with Gasteiger partial charge in [0, 0.05) is 30.5 Å². The summed E-state index contributed by atoms with van der Waals surface area (Å²) in [5.74, 6) is -0.628. The molecule has 0 bridgehead atoms. The van der Waals surface area contributed by atoms with E-state index in [1.807, 2.05) is 24.4 Å². The maximum atomic E-state index is 12.5. The molecular formula is C19H20N2O3S. The van der Waals surface area contributed by atoms with Gasteiger partial charge in [0.05, 0.1) is 13.0 Å². The van der Waals surface area contributed by atoms with Gasteiger partial charge in [-0.05, 0) is 35.6 Å². The van der Waals surface area contributed by atoms with Crippen LogP contribution in [0.3, 0.4) is 0 Å². The number of nitrogens with zero attached hydrogens (tertiary/aromatic N) is 2. The van der Waals surface area contributed by atoms with E-state index in [2.05, 4.69) is 0 Å². The molecule has 5 nitrogen and oxygen atoms in total. The number of imide groups is 1. The first-order valence-electron chi connectivity index (χ1n) is 8.17. The van der Waals surface area contributed by atoms with E-state index >= 15 is 0 Å². The summed E-state index contributed by atoms with van der Waals surface area (Å²) in [6, 6.07) is 9.16. The lowest BCUT2D eigenvalue weighted by Crippen LogP contribution is -2.44. The topological polar surface area (TPSA) is 57.7 Å². The van der Waals surface area contributed by atoms with Crippen molar-refractivity contribution in [1.29, 1.82) is 0 Å². The van der Waals surface area contributed by atoms with Gasteiger partial charge in [0.15, 0.2) is 0 Å². The zero-order chi connectivity index (χ0) is 18.0. The standard InChI is InChI=1S/C19H20N2O3S/c1-13-8-10-25-16(13)12-20(2)17(22)7-9-21-18(23)11-14-5-3-4-6-15(14)19(21)24/h3-6,8,10H,7,9,11-12H2,1-2H3. The van der Waals surface area contributed by atoms with Crippen molar-refractivity contribution in [3.63, 3.8) is 0 Å². The first-order valence-corrected chi connectivity index (χ1v) is 9.05. The van der Waals surface area contributed by atoms with Crippen LogP contribution in [0.25, 0.3) is 0 Å². The molecule has 0 unspecified atom stereocenters. The van der Waals surface area contributed by atoms with Gasteiger partial charge < -0.3 is 4.90 Å². The summed E-state index contributed by atoms with van der Waals surface area (Å²) in [5.41, 5.74) is 2.48. The summed E-state index contributed by atoms with van der Waals surface area (Å²) >= 11 is 1.62. The van der Waals surface area contributed by atoms with Crippen molar-refractivity contribution < 1.29 is 14.4 Å². The van der Waals surface area contributed by atoms with Crippen molar-refractivity contribution in [2.75, 3.05) is 13.6 Å². The fourth-order valence-corrected chi connectivity index (χ4v) is 3.85. The molecule has 0 saturated carbocycles. The van der Waals surface area contributed by atoms with Gasteiger partial charge in [0.2, 0.25) is 11.8 Å². The Morgan fingerprint density at radius 1 is 1.24 bits per heavy atom. The number of rotatable bonds is 5. The summed E-state index contributed by atoms with van der Waals surface area (Å²) in [4.78, 5) is 41.1. The zero-order valence-electron chi connectivity index (χ0n) is 14.3. The van der Waals surface area contributed by atoms with Gasteiger partial charge in [-0.25, -0.2) is 0 Å². The average Bonchev–Trinajstić information content (AvgIpc) is 2.99. The fraction of sp³-hybridized carbons (Fsp3) is 0.316. The van der Waals surface area contributed by atoms with E-state index in [4.69, 9.17) is 0 Å². The normalized spacial score (nSPS) is 13.8. The Labute approximate surface area is 150 Å². The molecule has 0 fully saturated rings. The summed E-state index contributed by atoms with van der Waals surface area (Å²) in [6.45, 7) is 2.69. The third kappa shape index (κ3) is 3.64. The minimum Gasteiger partial charge on any atom is -0.341 e. The van der Waals surface area contributed by atoms with Crippen LogP contribution in [0.4, 0.5) is 0 Å². The number of aryl methyl sites for hydroxylation is 1. The highest BCUT2D eigenvalue weighted by Crippen LogP contribution is 2.20. The predicted octanol–water partition coefficient (Wildman–Crippen LogP) is 2.63. The number of hydrogen-bond donors (Lipinski definition) is 0. The lowest BCUT2D eigenvalue weighted by Gasteiger charge is -2.27. The molecule has 1 aromatic heterocycles. The second kappa shape index (κ2) is 7.19. The van der Waals surface area contributed by atoms with Gasteiger partial charge in [-0.3, -0.25) is 19.3 Å². The van der Waals surface area contributed by atoms with E-state index in [-0.39, 0.29) is 37.1 Å². The number of amides is 3. The van der Waals surface area contributed by atoms with E-state index in [1.54, 1.807) is 41.5 Å². The maximum absolute atomic E-state index is 12.5. The number of thiophene rings is 1. The predicted molar refractivity (Wildman–Crippen MR) is 96.3 cm³/mol. The van der Waals surface area contributed by atoms with Gasteiger partial charge in [0.1, 0.15) is 0 Å². The first-order chi connectivity index (χ1) is 12.0. The fourth-order valence-electron chi connectivity index (χ4n) is 2.89. The van der Waals surface area contributed by atoms with E-state index < -0.39 is 0 Å². The summed E-state index contributed by atoms with van der Waals surface area (Å²) in [5, 5.41) is 2.01. The summed E-state index contributed by atoms with van der Waals surface area (Å²) < 4.78 is 0. The molecule has 0 aliphatic carbocycles. The largest absolute Gasteiger partial charge is 0.341 e. The Hall–Kier alpha value is -2.47. The van der Waals surface area contributed by atoms with Crippen LogP contribution >= 0.6 is 11.3 Å². The second-order valence-corrected chi connectivity index (χ2v) is 7.21. The van der Waals surface area contributed by atoms with E-state index in [0.717, 1.165) is 10.4 Å². The van der Waals surface area contributed by atoms with Crippen molar-refractivity contribution in [2.24, 2.45) is 0 Å². The van der Waals surface area contributed by atoms with Crippen molar-refractivity contribution in [1.82, 2.24) is 9.80 Å². The number of benzene rings is 1. The van der Waals surface area contributed by atoms with Crippen LogP contribution in [0.1, 0.15) is 32.8 Å². The van der Waals surface area contributed by atoms with Crippen molar-refractivity contribution in [3.8, 4) is 0 Å². The van der Waals surface area contributed by atoms with Gasteiger partial charge in [-0.1, -0.05) is 18.2 Å². The van der Waals surface area contributed by atoms with Crippen LogP contribution in [0, 0.1) is 6.92 Å². The molecule has 3 amide bonds. The van der Waals surface area contributed by atoms with Crippen molar-refractivity contribution in [3.05, 3.63) is 57.3 Å². The molecule has 0 saturated heterocycles. The number of fused-ring (bicyclic) bond motifs is 1. The second-order valence-electron chi connectivity index (χ2n) is 6.21. The van der Waals surface area contributed by atoms with Gasteiger partial charge in [0.25, 0.3) is 5.91 Å². The summed E-state index contributed by atoms with van der Waals surface area (Å²) in [6.07, 6.45) is 0.348. The van der Waals surface area contributed by atoms with Crippen molar-refractivity contribution in [2.45, 2.75) is 26.3 Å². The highest BCUT2D eigenvalue weighted by Gasteiger charge is 2.30. The van der Waals surface area contributed by atoms with Crippen molar-refractivity contribution >= 4 is 29.1 Å². The molecule has 25 heavy (non-hydrogen) atoms. The molecule has 1 aliphatic heterocycles. The van der Waals surface area contributed by atoms with E-state index in [0.29, 0.717) is 12.1 Å². The Balaban J connectivity index is 1.61. The third-order valence-electron chi connectivity index (χ3n) is 4.46. The smallest absolute Gasteiger partial charge is 0.260 e. The molecule has 0 spiro atoms. The molecule has 2 heterocycles. The van der Waals surface area contributed by atoms with Crippen LogP contribution < -0.4 is 0 Å². The molecule has 6 heteroatoms. The molecular weight excluding hydrogens is 336 g/mol. The molecule has 2 aromatic rings. The van der Waals surface area contributed by atoms with E-state index in [1.165, 1.54) is 10.5 Å². The Kier molecular flexibility index (Phi) is 4.99. The minimum absolute atomic E-state index is 0.0766. The average molecular weight is 356 g/mol. The summed E-state index contributed by atoms with van der Waals surface area (Å²) in [7, 11) is 1.75. The Morgan fingerprint density at radius 2 is 2.00 bits per heavy atom. The lowest BCUT2D eigenvalue weighted by atomic mass is 9.98. The Bertz CT molecular complexity index is 828. The highest BCUT2D eigenvalue weighted by molar-refractivity contribution is 7.10. The number of carbonyl (C=O) groups is 3. The van der Waals surface area contributed by atoms with Gasteiger partial charge in [-0.2, -0.15) is 0 Å². The van der Waals surface area contributed by atoms with Crippen LogP contribution in [-0.2, 0) is 22.6 Å². The van der Waals surface area contributed by atoms with Crippen LogP contribution in [0.2, 0.25) is 0 Å². The van der Waals surface area contributed by atoms with Gasteiger partial charge in [-0.15, -0.1) is 11.3 Å². The quantitative estimate of drug-likeness (QED) is 0.774. The van der Waals surface area contributed by atoms with Crippen LogP contribution in [-0.4, -0.2) is 41.1 Å². The molecule has 0 atom stereocenters. The molecule has 1 aromatic carbocycles. The van der Waals surface area contributed by atoms with E-state index in [9.17, 15) is 14.4 Å². The highest BCUT2D eigenvalue weighted by atomic mass is 32.1. The zero-order valence-corrected chi connectivity index (χ0v) is 15.1. The third-order valence-corrected chi connectivity index (χ3v) is 5.47. The lowest BCUT2D eigenvalue weighted by molar-refractivity contribution is -0.132. The Morgan fingerprint density at radius 3 is 2.72 bits per heavy atom. The molecule has 3 rings (SSSR count). The molecule has 0 radical (unpaired) electrons. The number of carbonyl (C=O) groups excluding carboxylic acids is 3. The molecule has 1 aliphatic rings. The maximum Gasteiger partial charge on any atom is 0.260 e.